The predicted octanol–water partition coefficient (Wildman–Crippen LogP) is -9.97. The number of carbonyl (C=O) groups is 1. The van der Waals surface area contributed by atoms with E-state index >= 15 is 0 Å². The summed E-state index contributed by atoms with van der Waals surface area (Å²) < 4.78 is 0. The van der Waals surface area contributed by atoms with E-state index < -0.39 is 12.0 Å². The summed E-state index contributed by atoms with van der Waals surface area (Å²) >= 11 is 0. The van der Waals surface area contributed by atoms with E-state index in [1.165, 1.54) is 0 Å². The third-order valence-electron chi connectivity index (χ3n) is 0.557. The zero-order valence-corrected chi connectivity index (χ0v) is 9.56. The van der Waals surface area contributed by atoms with Gasteiger partial charge in [-0.15, -0.1) is 0 Å². The van der Waals surface area contributed by atoms with Crippen molar-refractivity contribution in [2.75, 3.05) is 6.54 Å². The summed E-state index contributed by atoms with van der Waals surface area (Å²) in [6.07, 6.45) is 0. The fraction of sp³-hybridized carbons (Fsp3) is 0.667. The first-order valence-electron chi connectivity index (χ1n) is 1.85. The molecule has 1 atom stereocenters. The van der Waals surface area contributed by atoms with E-state index in [1.807, 2.05) is 0 Å². The van der Waals surface area contributed by atoms with Crippen LogP contribution in [0.5, 0.6) is 0 Å². The van der Waals surface area contributed by atoms with Crippen LogP contribution in [0, 0.1) is 0 Å². The van der Waals surface area contributed by atoms with Gasteiger partial charge in [-0.05, 0) is 0 Å². The van der Waals surface area contributed by atoms with Crippen molar-refractivity contribution in [3.63, 3.8) is 0 Å². The van der Waals surface area contributed by atoms with Gasteiger partial charge in [-0.25, -0.2) is 0 Å². The number of nitrogens with two attached hydrogens (primary N) is 2. The molecule has 0 bridgehead atoms. The van der Waals surface area contributed by atoms with Crippen molar-refractivity contribution in [1.29, 1.82) is 0 Å². The Morgan fingerprint density at radius 1 is 1.42 bits per heavy atom. The largest absolute Gasteiger partial charge is 4.00 e. The minimum absolute atomic E-state index is 0. The number of carboxylic acid groups (broad SMARTS) is 1. The Morgan fingerprint density at radius 3 is 1.67 bits per heavy atom. The number of hydrogen-bond donors (Lipinski definition) is 2. The van der Waals surface area contributed by atoms with E-state index in [4.69, 9.17) is 11.5 Å². The molecule has 6 nitrogen and oxygen atoms in total. The molecule has 0 spiro atoms. The first kappa shape index (κ1) is 39.0. The summed E-state index contributed by atoms with van der Waals surface area (Å²) in [7, 11) is 0. The quantitative estimate of drug-likeness (QED) is 0.468. The molecule has 1 unspecified atom stereocenters. The van der Waals surface area contributed by atoms with Crippen LogP contribution in [0.3, 0.4) is 0 Å². The van der Waals surface area contributed by atoms with Gasteiger partial charge in [0.05, 0.1) is 12.0 Å². The van der Waals surface area contributed by atoms with Crippen LogP contribution >= 0.6 is 0 Å². The van der Waals surface area contributed by atoms with E-state index in [0.29, 0.717) is 0 Å². The van der Waals surface area contributed by atoms with Crippen LogP contribution in [-0.4, -0.2) is 29.5 Å². The number of hydrogen-bond acceptors (Lipinski definition) is 5. The van der Waals surface area contributed by atoms with Crippen molar-refractivity contribution in [1.82, 2.24) is 0 Å². The number of carboxylic acids is 1. The van der Waals surface area contributed by atoms with Gasteiger partial charge in [-0.3, -0.25) is 0 Å². The molecule has 0 aliphatic heterocycles. The van der Waals surface area contributed by atoms with Crippen molar-refractivity contribution in [3.05, 3.63) is 0 Å². The summed E-state index contributed by atoms with van der Waals surface area (Å²) in [6.45, 7) is -0.0671. The molecule has 0 heterocycles. The molecule has 0 amide bonds. The summed E-state index contributed by atoms with van der Waals surface area (Å²) in [5.41, 5.74) is 9.66. The molecule has 0 fully saturated rings. The third kappa shape index (κ3) is 22.4. The predicted molar refractivity (Wildman–Crippen MR) is 27.6 cm³/mol. The molecule has 0 saturated carbocycles. The molecule has 0 aromatic heterocycles. The fourth-order valence-electron chi connectivity index (χ4n) is 0.0962. The van der Waals surface area contributed by atoms with Crippen LogP contribution in [0.4, 0.5) is 0 Å². The first-order chi connectivity index (χ1) is 3.18. The standard InChI is InChI=1S/C3H8N2O2.2ClH.2H2O.Pt/c4-1-2(5)3(6)7;;;;;/h2H,1,4-5H2,(H,6,7);2*1H;2*1H2;/q;;;;;+4/p-4. The van der Waals surface area contributed by atoms with Crippen molar-refractivity contribution >= 4 is 5.97 Å². The molecular formula is C3H10Cl2N2O4Pt. The van der Waals surface area contributed by atoms with E-state index in [-0.39, 0.29) is 63.4 Å². The Kier molecular flexibility index (Phi) is 73.3. The number of halogens is 2. The molecule has 0 rings (SSSR count). The molecular weight excluding hydrogens is 394 g/mol. The van der Waals surface area contributed by atoms with Crippen LogP contribution in [0.15, 0.2) is 0 Å². The maximum absolute atomic E-state index is 9.61. The Bertz CT molecular complexity index is 88.7. The SMILES string of the molecule is NCC(N)C(=O)[O-].O.[Cl-].[Cl-].[OH-].[Pt+4]. The zero-order chi connectivity index (χ0) is 5.86. The van der Waals surface area contributed by atoms with Gasteiger partial charge in [0.2, 0.25) is 0 Å². The second-order valence-corrected chi connectivity index (χ2v) is 1.16. The molecule has 0 aliphatic carbocycles. The van der Waals surface area contributed by atoms with E-state index in [0.717, 1.165) is 0 Å². The van der Waals surface area contributed by atoms with Gasteiger partial charge < -0.3 is 57.1 Å². The monoisotopic (exact) mass is 403 g/mol. The Hall–Kier alpha value is 0.578. The van der Waals surface area contributed by atoms with E-state index in [2.05, 4.69) is 0 Å². The smallest absolute Gasteiger partial charge is 1.00 e. The van der Waals surface area contributed by atoms with Gasteiger partial charge in [0.25, 0.3) is 0 Å². The van der Waals surface area contributed by atoms with Crippen LogP contribution in [0.2, 0.25) is 0 Å². The summed E-state index contributed by atoms with van der Waals surface area (Å²) in [5.74, 6) is -1.30. The van der Waals surface area contributed by atoms with Crippen LogP contribution in [0.25, 0.3) is 0 Å². The van der Waals surface area contributed by atoms with Gasteiger partial charge in [-0.2, -0.15) is 0 Å². The average Bonchev–Trinajstić information content (AvgIpc) is 1.65. The maximum Gasteiger partial charge on any atom is 4.00 e. The second kappa shape index (κ2) is 22.6. The summed E-state index contributed by atoms with van der Waals surface area (Å²) in [4.78, 5) is 9.61. The van der Waals surface area contributed by atoms with Gasteiger partial charge >= 0.3 is 21.1 Å². The topological polar surface area (TPSA) is 154 Å². The maximum atomic E-state index is 9.61. The molecule has 12 heavy (non-hydrogen) atoms. The zero-order valence-electron chi connectivity index (χ0n) is 5.78. The van der Waals surface area contributed by atoms with Crippen molar-refractivity contribution in [3.8, 4) is 0 Å². The van der Waals surface area contributed by atoms with E-state index in [9.17, 15) is 9.90 Å². The van der Waals surface area contributed by atoms with Crippen LogP contribution < -0.4 is 41.4 Å². The normalized spacial score (nSPS) is 7.83. The van der Waals surface area contributed by atoms with Crippen LogP contribution in [-0.2, 0) is 25.9 Å². The fourth-order valence-corrected chi connectivity index (χ4v) is 0.0962. The number of carbonyl (C=O) groups excluding carboxylic acids is 1. The molecule has 9 heteroatoms. The number of aliphatic carboxylic acids is 1. The van der Waals surface area contributed by atoms with Crippen LogP contribution in [0.1, 0.15) is 0 Å². The summed E-state index contributed by atoms with van der Waals surface area (Å²) in [6, 6.07) is -1.01. The molecule has 0 radical (unpaired) electrons. The molecule has 80 valence electrons. The Labute approximate surface area is 96.8 Å². The van der Waals surface area contributed by atoms with Gasteiger partial charge in [-0.1, -0.05) is 0 Å². The molecule has 0 saturated heterocycles. The van der Waals surface area contributed by atoms with Gasteiger partial charge in [0.15, 0.2) is 0 Å². The minimum atomic E-state index is -1.30. The summed E-state index contributed by atoms with van der Waals surface area (Å²) in [5, 5.41) is 9.61. The van der Waals surface area contributed by atoms with Gasteiger partial charge in [0.1, 0.15) is 0 Å². The number of rotatable bonds is 2. The van der Waals surface area contributed by atoms with E-state index in [1.54, 1.807) is 0 Å². The Balaban J connectivity index is -0.0000000180. The van der Waals surface area contributed by atoms with Crippen molar-refractivity contribution in [2.24, 2.45) is 11.5 Å². The minimum Gasteiger partial charge on any atom is -1.00 e. The molecule has 0 aromatic rings. The van der Waals surface area contributed by atoms with Gasteiger partial charge in [0, 0.05) is 6.54 Å². The molecule has 0 aliphatic rings. The average molecular weight is 404 g/mol. The molecule has 7 N–H and O–H groups in total. The molecule has 0 aromatic carbocycles. The Morgan fingerprint density at radius 2 is 1.67 bits per heavy atom. The third-order valence-corrected chi connectivity index (χ3v) is 0.557. The first-order valence-corrected chi connectivity index (χ1v) is 1.85. The second-order valence-electron chi connectivity index (χ2n) is 1.16. The van der Waals surface area contributed by atoms with Crippen molar-refractivity contribution in [2.45, 2.75) is 6.04 Å². The van der Waals surface area contributed by atoms with Crippen molar-refractivity contribution < 1.29 is 66.7 Å².